The van der Waals surface area contributed by atoms with Crippen LogP contribution in [0, 0.1) is 0 Å². The fourth-order valence-electron chi connectivity index (χ4n) is 1.85. The minimum atomic E-state index is 0.627. The van der Waals surface area contributed by atoms with Crippen LogP contribution in [0.2, 0.25) is 0 Å². The van der Waals surface area contributed by atoms with Crippen LogP contribution in [0.3, 0.4) is 0 Å². The molecule has 1 aromatic carbocycles. The molecule has 0 aliphatic heterocycles. The summed E-state index contributed by atoms with van der Waals surface area (Å²) in [7, 11) is 0. The number of hydrogen-bond donors (Lipinski definition) is 1. The molecule has 3 nitrogen and oxygen atoms in total. The van der Waals surface area contributed by atoms with Gasteiger partial charge in [-0.25, -0.2) is 0 Å². The normalized spacial score (nSPS) is 10.5. The average Bonchev–Trinajstić information content (AvgIpc) is 2.48. The van der Waals surface area contributed by atoms with E-state index in [1.807, 2.05) is 24.3 Å². The first-order chi connectivity index (χ1) is 9.79. The molecule has 1 heterocycles. The molecule has 106 valence electrons. The summed E-state index contributed by atoms with van der Waals surface area (Å²) < 4.78 is 6.79. The van der Waals surface area contributed by atoms with Gasteiger partial charge in [-0.1, -0.05) is 19.1 Å². The number of nitrogens with zero attached hydrogens (tertiary/aromatic N) is 1. The maximum atomic E-state index is 5.79. The van der Waals surface area contributed by atoms with Crippen LogP contribution in [-0.4, -0.2) is 18.1 Å². The van der Waals surface area contributed by atoms with E-state index in [0.717, 1.165) is 35.4 Å². The van der Waals surface area contributed by atoms with Crippen molar-refractivity contribution >= 4 is 15.9 Å². The summed E-state index contributed by atoms with van der Waals surface area (Å²) in [6.45, 7) is 4.58. The van der Waals surface area contributed by atoms with Gasteiger partial charge in [-0.2, -0.15) is 0 Å². The highest BCUT2D eigenvalue weighted by atomic mass is 79.9. The lowest BCUT2D eigenvalue weighted by Crippen LogP contribution is -2.11. The molecule has 1 aromatic heterocycles. The fraction of sp³-hybridized carbons (Fsp3) is 0.312. The second kappa shape index (κ2) is 8.02. The largest absolute Gasteiger partial charge is 0.492 e. The quantitative estimate of drug-likeness (QED) is 0.840. The van der Waals surface area contributed by atoms with Gasteiger partial charge >= 0.3 is 0 Å². The van der Waals surface area contributed by atoms with Gasteiger partial charge < -0.3 is 10.1 Å². The molecule has 4 heteroatoms. The summed E-state index contributed by atoms with van der Waals surface area (Å²) in [5.74, 6) is 0.876. The summed E-state index contributed by atoms with van der Waals surface area (Å²) in [5, 5.41) is 3.31. The first kappa shape index (κ1) is 15.0. The Balaban J connectivity index is 1.86. The molecule has 0 fully saturated rings. The van der Waals surface area contributed by atoms with Crippen LogP contribution in [0.5, 0.6) is 5.75 Å². The van der Waals surface area contributed by atoms with E-state index in [1.165, 1.54) is 5.56 Å². The van der Waals surface area contributed by atoms with E-state index in [-0.39, 0.29) is 0 Å². The van der Waals surface area contributed by atoms with Crippen molar-refractivity contribution in [3.05, 3.63) is 58.3 Å². The fourth-order valence-corrected chi connectivity index (χ4v) is 2.39. The number of nitrogens with one attached hydrogen (secondary N) is 1. The third-order valence-electron chi connectivity index (χ3n) is 2.92. The van der Waals surface area contributed by atoms with Gasteiger partial charge in [0.05, 0.1) is 11.1 Å². The van der Waals surface area contributed by atoms with Gasteiger partial charge in [0.15, 0.2) is 0 Å². The summed E-state index contributed by atoms with van der Waals surface area (Å²) in [4.78, 5) is 4.28. The minimum absolute atomic E-state index is 0.627. The second-order valence-corrected chi connectivity index (χ2v) is 5.32. The molecule has 20 heavy (non-hydrogen) atoms. The highest BCUT2D eigenvalue weighted by Crippen LogP contribution is 2.26. The van der Waals surface area contributed by atoms with Gasteiger partial charge in [0.1, 0.15) is 5.75 Å². The Kier molecular flexibility index (Phi) is 6.02. The maximum absolute atomic E-state index is 5.79. The number of aromatic nitrogens is 1. The van der Waals surface area contributed by atoms with Crippen LogP contribution in [-0.2, 0) is 13.0 Å². The standard InChI is InChI=1S/C16H19BrN2O/c1-2-18-12-13-6-7-16(15(17)11-13)20-10-8-14-5-3-4-9-19-14/h3-7,9,11,18H,2,8,10,12H2,1H3. The smallest absolute Gasteiger partial charge is 0.133 e. The molecule has 2 aromatic rings. The van der Waals surface area contributed by atoms with E-state index in [1.54, 1.807) is 6.20 Å². The van der Waals surface area contributed by atoms with Crippen molar-refractivity contribution in [2.75, 3.05) is 13.2 Å². The summed E-state index contributed by atoms with van der Waals surface area (Å²) >= 11 is 3.56. The first-order valence-electron chi connectivity index (χ1n) is 6.81. The molecular formula is C16H19BrN2O. The van der Waals surface area contributed by atoms with Crippen molar-refractivity contribution in [2.24, 2.45) is 0 Å². The molecule has 0 amide bonds. The molecule has 0 atom stereocenters. The molecule has 2 rings (SSSR count). The molecule has 0 unspecified atom stereocenters. The van der Waals surface area contributed by atoms with Gasteiger partial charge in [0.2, 0.25) is 0 Å². The van der Waals surface area contributed by atoms with E-state index in [2.05, 4.69) is 45.3 Å². The summed E-state index contributed by atoms with van der Waals surface area (Å²) in [5.41, 5.74) is 2.29. The Morgan fingerprint density at radius 2 is 2.15 bits per heavy atom. The van der Waals surface area contributed by atoms with Gasteiger partial charge in [-0.3, -0.25) is 4.98 Å². The van der Waals surface area contributed by atoms with E-state index in [4.69, 9.17) is 4.74 Å². The molecule has 0 bridgehead atoms. The lowest BCUT2D eigenvalue weighted by molar-refractivity contribution is 0.318. The van der Waals surface area contributed by atoms with Crippen molar-refractivity contribution < 1.29 is 4.74 Å². The highest BCUT2D eigenvalue weighted by molar-refractivity contribution is 9.10. The van der Waals surface area contributed by atoms with E-state index >= 15 is 0 Å². The second-order valence-electron chi connectivity index (χ2n) is 4.46. The Hall–Kier alpha value is -1.39. The van der Waals surface area contributed by atoms with Crippen LogP contribution in [0.4, 0.5) is 0 Å². The molecule has 0 saturated carbocycles. The zero-order valence-electron chi connectivity index (χ0n) is 11.6. The molecule has 0 aliphatic rings. The third kappa shape index (κ3) is 4.62. The Bertz CT molecular complexity index is 531. The number of hydrogen-bond acceptors (Lipinski definition) is 3. The third-order valence-corrected chi connectivity index (χ3v) is 3.54. The van der Waals surface area contributed by atoms with E-state index in [0.29, 0.717) is 6.61 Å². The lowest BCUT2D eigenvalue weighted by atomic mass is 10.2. The minimum Gasteiger partial charge on any atom is -0.492 e. The SMILES string of the molecule is CCNCc1ccc(OCCc2ccccn2)c(Br)c1. The molecular weight excluding hydrogens is 316 g/mol. The molecule has 1 N–H and O–H groups in total. The number of pyridine rings is 1. The zero-order chi connectivity index (χ0) is 14.2. The van der Waals surface area contributed by atoms with Gasteiger partial charge in [0.25, 0.3) is 0 Å². The number of rotatable bonds is 7. The van der Waals surface area contributed by atoms with Crippen LogP contribution in [0.25, 0.3) is 0 Å². The van der Waals surface area contributed by atoms with Crippen LogP contribution >= 0.6 is 15.9 Å². The van der Waals surface area contributed by atoms with Crippen LogP contribution < -0.4 is 10.1 Å². The summed E-state index contributed by atoms with van der Waals surface area (Å²) in [6, 6.07) is 12.1. The van der Waals surface area contributed by atoms with Crippen molar-refractivity contribution in [1.82, 2.24) is 10.3 Å². The van der Waals surface area contributed by atoms with Crippen molar-refractivity contribution in [3.8, 4) is 5.75 Å². The van der Waals surface area contributed by atoms with Gasteiger partial charge in [0, 0.05) is 24.9 Å². The van der Waals surface area contributed by atoms with Crippen molar-refractivity contribution in [1.29, 1.82) is 0 Å². The van der Waals surface area contributed by atoms with Gasteiger partial charge in [-0.05, 0) is 52.3 Å². The van der Waals surface area contributed by atoms with Crippen LogP contribution in [0.15, 0.2) is 47.1 Å². The average molecular weight is 335 g/mol. The molecule has 0 spiro atoms. The number of benzene rings is 1. The monoisotopic (exact) mass is 334 g/mol. The number of ether oxygens (including phenoxy) is 1. The lowest BCUT2D eigenvalue weighted by Gasteiger charge is -2.10. The molecule has 0 aliphatic carbocycles. The Morgan fingerprint density at radius 1 is 1.25 bits per heavy atom. The highest BCUT2D eigenvalue weighted by Gasteiger charge is 2.03. The zero-order valence-corrected chi connectivity index (χ0v) is 13.2. The predicted molar refractivity (Wildman–Crippen MR) is 85.0 cm³/mol. The molecule has 0 radical (unpaired) electrons. The van der Waals surface area contributed by atoms with Crippen molar-refractivity contribution in [2.45, 2.75) is 19.9 Å². The topological polar surface area (TPSA) is 34.1 Å². The molecule has 0 saturated heterocycles. The Morgan fingerprint density at radius 3 is 2.85 bits per heavy atom. The van der Waals surface area contributed by atoms with E-state index < -0.39 is 0 Å². The Labute approximate surface area is 128 Å². The van der Waals surface area contributed by atoms with E-state index in [9.17, 15) is 0 Å². The summed E-state index contributed by atoms with van der Waals surface area (Å²) in [6.07, 6.45) is 2.62. The van der Waals surface area contributed by atoms with Crippen molar-refractivity contribution in [3.63, 3.8) is 0 Å². The van der Waals surface area contributed by atoms with Gasteiger partial charge in [-0.15, -0.1) is 0 Å². The predicted octanol–water partition coefficient (Wildman–Crippen LogP) is 3.58. The first-order valence-corrected chi connectivity index (χ1v) is 7.60. The number of halogens is 1. The van der Waals surface area contributed by atoms with Crippen LogP contribution in [0.1, 0.15) is 18.2 Å². The maximum Gasteiger partial charge on any atom is 0.133 e.